The average Bonchev–Trinajstić information content (AvgIpc) is 2.47. The highest BCUT2D eigenvalue weighted by Crippen LogP contribution is 2.29. The van der Waals surface area contributed by atoms with Crippen LogP contribution in [0.4, 0.5) is 5.69 Å². The minimum atomic E-state index is -0.482. The van der Waals surface area contributed by atoms with Gasteiger partial charge < -0.3 is 20.7 Å². The maximum atomic E-state index is 12.1. The molecule has 3 N–H and O–H groups in total. The molecule has 1 atom stereocenters. The molecule has 0 radical (unpaired) electrons. The maximum absolute atomic E-state index is 12.1. The molecule has 1 saturated heterocycles. The first-order valence-corrected chi connectivity index (χ1v) is 7.57. The molecule has 1 aliphatic rings. The summed E-state index contributed by atoms with van der Waals surface area (Å²) < 4.78 is 5.86. The minimum Gasteiger partial charge on any atom is -0.464 e. The molecule has 1 aliphatic heterocycles. The quantitative estimate of drug-likeness (QED) is 0.783. The fourth-order valence-corrected chi connectivity index (χ4v) is 2.94. The van der Waals surface area contributed by atoms with Gasteiger partial charge in [-0.15, -0.1) is 0 Å². The van der Waals surface area contributed by atoms with Gasteiger partial charge in [0.25, 0.3) is 0 Å². The Hall–Kier alpha value is -1.60. The zero-order valence-electron chi connectivity index (χ0n) is 11.8. The molecule has 6 nitrogen and oxygen atoms in total. The lowest BCUT2D eigenvalue weighted by atomic mass is 10.1. The normalized spacial score (nSPS) is 18.4. The second-order valence-corrected chi connectivity index (χ2v) is 5.55. The third kappa shape index (κ3) is 3.54. The van der Waals surface area contributed by atoms with Crippen LogP contribution in [-0.2, 0) is 9.53 Å². The first kappa shape index (κ1) is 15.8. The van der Waals surface area contributed by atoms with Crippen LogP contribution in [0.5, 0.6) is 0 Å². The highest BCUT2D eigenvalue weighted by atomic mass is 79.9. The molecule has 0 spiro atoms. The van der Waals surface area contributed by atoms with Gasteiger partial charge in [0.2, 0.25) is 5.91 Å². The number of piperazine rings is 1. The number of hydrogen-bond acceptors (Lipinski definition) is 5. The standard InChI is InChI=1S/C14H18BrN3O3/c1-2-21-14(20)12-8-17-5-6-18(12)11-4-3-9(13(16)19)7-10(11)15/h3-4,7,12,17H,2,5-6,8H2,1H3,(H2,16,19). The number of hydrogen-bond donors (Lipinski definition) is 2. The highest BCUT2D eigenvalue weighted by molar-refractivity contribution is 9.10. The van der Waals surface area contributed by atoms with Crippen molar-refractivity contribution in [1.29, 1.82) is 0 Å². The number of rotatable bonds is 4. The van der Waals surface area contributed by atoms with Crippen LogP contribution in [0.3, 0.4) is 0 Å². The van der Waals surface area contributed by atoms with Crippen molar-refractivity contribution in [3.8, 4) is 0 Å². The first-order chi connectivity index (χ1) is 10.0. The number of primary amides is 1. The number of nitrogens with zero attached hydrogens (tertiary/aromatic N) is 1. The first-order valence-electron chi connectivity index (χ1n) is 6.78. The van der Waals surface area contributed by atoms with Crippen LogP contribution < -0.4 is 16.0 Å². The molecule has 1 aromatic carbocycles. The molecular weight excluding hydrogens is 338 g/mol. The van der Waals surface area contributed by atoms with Crippen molar-refractivity contribution < 1.29 is 14.3 Å². The molecule has 1 aromatic rings. The lowest BCUT2D eigenvalue weighted by Crippen LogP contribution is -2.55. The zero-order valence-corrected chi connectivity index (χ0v) is 13.4. The van der Waals surface area contributed by atoms with Gasteiger partial charge in [-0.1, -0.05) is 0 Å². The molecule has 1 amide bonds. The Kier molecular flexibility index (Phi) is 5.19. The molecule has 0 aliphatic carbocycles. The Morgan fingerprint density at radius 3 is 2.90 bits per heavy atom. The molecule has 1 fully saturated rings. The highest BCUT2D eigenvalue weighted by Gasteiger charge is 2.31. The van der Waals surface area contributed by atoms with Crippen molar-refractivity contribution in [2.24, 2.45) is 5.73 Å². The maximum Gasteiger partial charge on any atom is 0.330 e. The Morgan fingerprint density at radius 1 is 1.52 bits per heavy atom. The van der Waals surface area contributed by atoms with Gasteiger partial charge in [-0.05, 0) is 41.1 Å². The van der Waals surface area contributed by atoms with Gasteiger partial charge in [-0.25, -0.2) is 4.79 Å². The third-order valence-electron chi connectivity index (χ3n) is 3.34. The molecule has 0 saturated carbocycles. The van der Waals surface area contributed by atoms with E-state index in [0.29, 0.717) is 25.3 Å². The van der Waals surface area contributed by atoms with E-state index in [1.165, 1.54) is 0 Å². The number of ether oxygens (including phenoxy) is 1. The molecule has 114 valence electrons. The lowest BCUT2D eigenvalue weighted by Gasteiger charge is -2.36. The molecule has 1 heterocycles. The summed E-state index contributed by atoms with van der Waals surface area (Å²) in [6, 6.07) is 4.74. The predicted octanol–water partition coefficient (Wildman–Crippen LogP) is 0.889. The van der Waals surface area contributed by atoms with Gasteiger partial charge in [0, 0.05) is 29.7 Å². The van der Waals surface area contributed by atoms with Crippen molar-refractivity contribution >= 4 is 33.5 Å². The van der Waals surface area contributed by atoms with Crippen LogP contribution in [-0.4, -0.2) is 44.2 Å². The number of amides is 1. The van der Waals surface area contributed by atoms with E-state index in [4.69, 9.17) is 10.5 Å². The Bertz CT molecular complexity index is 550. The van der Waals surface area contributed by atoms with Gasteiger partial charge in [0.05, 0.1) is 12.3 Å². The van der Waals surface area contributed by atoms with E-state index >= 15 is 0 Å². The van der Waals surface area contributed by atoms with Gasteiger partial charge in [-0.2, -0.15) is 0 Å². The molecule has 2 rings (SSSR count). The van der Waals surface area contributed by atoms with E-state index in [0.717, 1.165) is 16.7 Å². The smallest absolute Gasteiger partial charge is 0.330 e. The summed E-state index contributed by atoms with van der Waals surface area (Å²) in [6.07, 6.45) is 0. The van der Waals surface area contributed by atoms with Gasteiger partial charge in [-0.3, -0.25) is 4.79 Å². The van der Waals surface area contributed by atoms with Crippen molar-refractivity contribution in [2.45, 2.75) is 13.0 Å². The summed E-state index contributed by atoms with van der Waals surface area (Å²) >= 11 is 3.44. The molecule has 21 heavy (non-hydrogen) atoms. The number of esters is 1. The van der Waals surface area contributed by atoms with E-state index in [9.17, 15) is 9.59 Å². The second kappa shape index (κ2) is 6.91. The Labute approximate surface area is 131 Å². The Balaban J connectivity index is 2.29. The number of benzene rings is 1. The summed E-state index contributed by atoms with van der Waals surface area (Å²) in [7, 11) is 0. The van der Waals surface area contributed by atoms with E-state index < -0.39 is 5.91 Å². The molecule has 7 heteroatoms. The van der Waals surface area contributed by atoms with Gasteiger partial charge >= 0.3 is 5.97 Å². The number of nitrogens with one attached hydrogen (secondary N) is 1. The summed E-state index contributed by atoms with van der Waals surface area (Å²) in [5.41, 5.74) is 6.54. The summed E-state index contributed by atoms with van der Waals surface area (Å²) in [5.74, 6) is -0.736. The molecule has 0 bridgehead atoms. The van der Waals surface area contributed by atoms with Crippen LogP contribution in [0.2, 0.25) is 0 Å². The van der Waals surface area contributed by atoms with E-state index in [2.05, 4.69) is 21.2 Å². The van der Waals surface area contributed by atoms with Crippen LogP contribution in [0.15, 0.2) is 22.7 Å². The largest absolute Gasteiger partial charge is 0.464 e. The monoisotopic (exact) mass is 355 g/mol. The van der Waals surface area contributed by atoms with E-state index in [1.54, 1.807) is 25.1 Å². The van der Waals surface area contributed by atoms with Gasteiger partial charge in [0.1, 0.15) is 6.04 Å². The number of carbonyl (C=O) groups excluding carboxylic acids is 2. The summed E-state index contributed by atoms with van der Waals surface area (Å²) in [5, 5.41) is 3.19. The minimum absolute atomic E-state index is 0.254. The van der Waals surface area contributed by atoms with E-state index in [1.807, 2.05) is 4.90 Å². The van der Waals surface area contributed by atoms with Crippen molar-refractivity contribution in [3.63, 3.8) is 0 Å². The van der Waals surface area contributed by atoms with Crippen LogP contribution in [0.25, 0.3) is 0 Å². The topological polar surface area (TPSA) is 84.7 Å². The van der Waals surface area contributed by atoms with E-state index in [-0.39, 0.29) is 12.0 Å². The number of nitrogens with two attached hydrogens (primary N) is 1. The number of anilines is 1. The molecular formula is C14H18BrN3O3. The molecule has 1 unspecified atom stereocenters. The number of halogens is 1. The lowest BCUT2D eigenvalue weighted by molar-refractivity contribution is -0.144. The predicted molar refractivity (Wildman–Crippen MR) is 83.3 cm³/mol. The van der Waals surface area contributed by atoms with Crippen molar-refractivity contribution in [3.05, 3.63) is 28.2 Å². The SMILES string of the molecule is CCOC(=O)C1CNCCN1c1ccc(C(N)=O)cc1Br. The summed E-state index contributed by atoms with van der Waals surface area (Å²) in [6.45, 7) is 4.13. The second-order valence-electron chi connectivity index (χ2n) is 4.70. The molecule has 0 aromatic heterocycles. The van der Waals surface area contributed by atoms with Crippen molar-refractivity contribution in [2.75, 3.05) is 31.1 Å². The van der Waals surface area contributed by atoms with Gasteiger partial charge in [0.15, 0.2) is 0 Å². The fourth-order valence-electron chi connectivity index (χ4n) is 2.33. The average molecular weight is 356 g/mol. The van der Waals surface area contributed by atoms with Crippen LogP contribution in [0, 0.1) is 0 Å². The summed E-state index contributed by atoms with van der Waals surface area (Å²) in [4.78, 5) is 25.3. The third-order valence-corrected chi connectivity index (χ3v) is 3.98. The zero-order chi connectivity index (χ0) is 15.4. The van der Waals surface area contributed by atoms with Crippen LogP contribution in [0.1, 0.15) is 17.3 Å². The fraction of sp³-hybridized carbons (Fsp3) is 0.429. The number of carbonyl (C=O) groups is 2. The Morgan fingerprint density at radius 2 is 2.29 bits per heavy atom. The van der Waals surface area contributed by atoms with Crippen LogP contribution >= 0.6 is 15.9 Å². The van der Waals surface area contributed by atoms with Crippen molar-refractivity contribution in [1.82, 2.24) is 5.32 Å².